The summed E-state index contributed by atoms with van der Waals surface area (Å²) in [5.74, 6) is 2.37. The number of nitrogens with one attached hydrogen (secondary N) is 2. The summed E-state index contributed by atoms with van der Waals surface area (Å²) in [5, 5.41) is 13.7. The van der Waals surface area contributed by atoms with E-state index in [4.69, 9.17) is 9.26 Å². The normalized spacial score (nSPS) is 13.6. The van der Waals surface area contributed by atoms with Gasteiger partial charge in [0, 0.05) is 29.9 Å². The van der Waals surface area contributed by atoms with E-state index >= 15 is 0 Å². The Morgan fingerprint density at radius 1 is 1.24 bits per heavy atom. The van der Waals surface area contributed by atoms with Crippen LogP contribution in [0.15, 0.2) is 35.1 Å². The molecule has 1 fully saturated rings. The van der Waals surface area contributed by atoms with Gasteiger partial charge in [-0.2, -0.15) is 5.10 Å². The largest absolute Gasteiger partial charge is 0.495 e. The predicted octanol–water partition coefficient (Wildman–Crippen LogP) is 3.94. The number of hydrogen-bond acceptors (Lipinski definition) is 6. The van der Waals surface area contributed by atoms with E-state index in [1.54, 1.807) is 25.6 Å². The van der Waals surface area contributed by atoms with Gasteiger partial charge in [-0.3, -0.25) is 14.9 Å². The molecule has 0 bridgehead atoms. The molecule has 1 aliphatic rings. The number of methoxy groups -OCH3 is 1. The van der Waals surface area contributed by atoms with Crippen molar-refractivity contribution in [2.45, 2.75) is 51.9 Å². The van der Waals surface area contributed by atoms with E-state index in [0.29, 0.717) is 17.5 Å². The highest BCUT2D eigenvalue weighted by molar-refractivity contribution is 5.91. The molecule has 0 spiro atoms. The highest BCUT2D eigenvalue weighted by Crippen LogP contribution is 2.33. The van der Waals surface area contributed by atoms with E-state index in [-0.39, 0.29) is 12.3 Å². The number of H-pyrrole nitrogens is 1. The van der Waals surface area contributed by atoms with E-state index in [0.717, 1.165) is 22.7 Å². The van der Waals surface area contributed by atoms with Gasteiger partial charge in [0.2, 0.25) is 5.91 Å². The summed E-state index contributed by atoms with van der Waals surface area (Å²) in [4.78, 5) is 15.8. The number of aromatic nitrogens is 4. The first-order chi connectivity index (χ1) is 14.0. The number of aromatic amines is 1. The molecule has 2 N–H and O–H groups in total. The van der Waals surface area contributed by atoms with Gasteiger partial charge in [0.05, 0.1) is 25.4 Å². The lowest BCUT2D eigenvalue weighted by Gasteiger charge is -2.03. The molecule has 1 amide bonds. The Balaban J connectivity index is 0.000000224. The Bertz CT molecular complexity index is 928. The number of carbonyl (C=O) groups is 1. The summed E-state index contributed by atoms with van der Waals surface area (Å²) in [7, 11) is 1.64. The summed E-state index contributed by atoms with van der Waals surface area (Å²) in [6.07, 6.45) is 8.61. The van der Waals surface area contributed by atoms with Gasteiger partial charge in [0.25, 0.3) is 0 Å². The van der Waals surface area contributed by atoms with Crippen LogP contribution >= 0.6 is 0 Å². The van der Waals surface area contributed by atoms with E-state index in [1.165, 1.54) is 25.7 Å². The summed E-state index contributed by atoms with van der Waals surface area (Å²) < 4.78 is 9.95. The maximum Gasteiger partial charge on any atom is 0.233 e. The molecule has 3 heterocycles. The quantitative estimate of drug-likeness (QED) is 0.675. The van der Waals surface area contributed by atoms with Crippen LogP contribution in [0.4, 0.5) is 5.82 Å². The van der Waals surface area contributed by atoms with E-state index in [9.17, 15) is 4.79 Å². The molecule has 0 atom stereocenters. The van der Waals surface area contributed by atoms with Crippen LogP contribution in [0.5, 0.6) is 5.75 Å². The minimum absolute atomic E-state index is 0.148. The van der Waals surface area contributed by atoms with Crippen molar-refractivity contribution in [1.82, 2.24) is 20.3 Å². The van der Waals surface area contributed by atoms with Crippen LogP contribution in [-0.2, 0) is 11.2 Å². The highest BCUT2D eigenvalue weighted by atomic mass is 16.5. The van der Waals surface area contributed by atoms with E-state index in [1.807, 2.05) is 26.0 Å². The molecule has 0 radical (unpaired) electrons. The Labute approximate surface area is 170 Å². The fourth-order valence-corrected chi connectivity index (χ4v) is 3.33. The van der Waals surface area contributed by atoms with Crippen molar-refractivity contribution in [3.05, 3.63) is 53.3 Å². The van der Waals surface area contributed by atoms with Crippen LogP contribution in [0, 0.1) is 13.8 Å². The molecule has 3 aromatic heterocycles. The average molecular weight is 397 g/mol. The van der Waals surface area contributed by atoms with E-state index in [2.05, 4.69) is 25.7 Å². The zero-order valence-corrected chi connectivity index (χ0v) is 17.1. The molecule has 3 aromatic rings. The second-order valence-electron chi connectivity index (χ2n) is 7.25. The molecule has 8 nitrogen and oxygen atoms in total. The van der Waals surface area contributed by atoms with Gasteiger partial charge in [-0.15, -0.1) is 0 Å². The molecule has 0 unspecified atom stereocenters. The molecular formula is C21H27N5O3. The molecular weight excluding hydrogens is 370 g/mol. The first-order valence-corrected chi connectivity index (χ1v) is 9.76. The lowest BCUT2D eigenvalue weighted by atomic mass is 10.0. The Kier molecular flexibility index (Phi) is 6.99. The molecule has 0 saturated heterocycles. The zero-order valence-electron chi connectivity index (χ0n) is 17.1. The molecule has 154 valence electrons. The van der Waals surface area contributed by atoms with Gasteiger partial charge in [-0.05, 0) is 38.3 Å². The van der Waals surface area contributed by atoms with Crippen molar-refractivity contribution in [3.63, 3.8) is 0 Å². The number of anilines is 1. The Morgan fingerprint density at radius 3 is 2.66 bits per heavy atom. The number of aryl methyl sites for hydroxylation is 2. The maximum absolute atomic E-state index is 11.9. The van der Waals surface area contributed by atoms with Gasteiger partial charge in [0.1, 0.15) is 11.5 Å². The lowest BCUT2D eigenvalue weighted by Crippen LogP contribution is -2.14. The topological polar surface area (TPSA) is 106 Å². The van der Waals surface area contributed by atoms with Crippen molar-refractivity contribution in [1.29, 1.82) is 0 Å². The van der Waals surface area contributed by atoms with Crippen molar-refractivity contribution >= 4 is 11.7 Å². The third-order valence-electron chi connectivity index (χ3n) is 4.76. The third-order valence-corrected chi connectivity index (χ3v) is 4.76. The minimum Gasteiger partial charge on any atom is -0.495 e. The number of hydrogen-bond donors (Lipinski definition) is 2. The van der Waals surface area contributed by atoms with Gasteiger partial charge in [0.15, 0.2) is 5.82 Å². The van der Waals surface area contributed by atoms with Crippen molar-refractivity contribution < 1.29 is 14.1 Å². The number of carbonyl (C=O) groups excluding carboxylic acids is 1. The van der Waals surface area contributed by atoms with Crippen molar-refractivity contribution in [2.75, 3.05) is 12.4 Å². The Hall–Kier alpha value is -3.16. The number of rotatable bonds is 5. The zero-order chi connectivity index (χ0) is 20.6. The highest BCUT2D eigenvalue weighted by Gasteiger charge is 2.19. The summed E-state index contributed by atoms with van der Waals surface area (Å²) >= 11 is 0. The van der Waals surface area contributed by atoms with E-state index < -0.39 is 0 Å². The van der Waals surface area contributed by atoms with Crippen LogP contribution in [-0.4, -0.2) is 33.4 Å². The average Bonchev–Trinajstić information content (AvgIpc) is 3.44. The smallest absolute Gasteiger partial charge is 0.233 e. The van der Waals surface area contributed by atoms with Crippen LogP contribution in [0.2, 0.25) is 0 Å². The predicted molar refractivity (Wildman–Crippen MR) is 109 cm³/mol. The second-order valence-corrected chi connectivity index (χ2v) is 7.25. The number of pyridine rings is 1. The fraction of sp³-hybridized carbons (Fsp3) is 0.429. The minimum atomic E-state index is -0.148. The van der Waals surface area contributed by atoms with Crippen LogP contribution in [0.1, 0.15) is 54.3 Å². The monoisotopic (exact) mass is 397 g/mol. The number of ether oxygens (including phenoxy) is 1. The number of amides is 1. The van der Waals surface area contributed by atoms with Gasteiger partial charge >= 0.3 is 0 Å². The molecule has 0 aromatic carbocycles. The van der Waals surface area contributed by atoms with Gasteiger partial charge in [-0.1, -0.05) is 18.0 Å². The lowest BCUT2D eigenvalue weighted by molar-refractivity contribution is -0.115. The first kappa shape index (κ1) is 20.6. The maximum atomic E-state index is 11.9. The van der Waals surface area contributed by atoms with Gasteiger partial charge < -0.3 is 14.6 Å². The van der Waals surface area contributed by atoms with Crippen LogP contribution < -0.4 is 10.1 Å². The van der Waals surface area contributed by atoms with Gasteiger partial charge in [-0.25, -0.2) is 0 Å². The standard InChI is InChI=1S/C14H18N4O2.C7H9NO/c1-9-6-11(20-18-9)7-14(19)15-13-8-12(16-17-13)10-4-2-3-5-10;1-6-3-7(9-2)5-8-4-6/h6,8,10H,2-5,7H2,1H3,(H2,15,16,17,19);3-5H,1-2H3. The fourth-order valence-electron chi connectivity index (χ4n) is 3.33. The Morgan fingerprint density at radius 2 is 2.03 bits per heavy atom. The molecule has 0 aliphatic heterocycles. The van der Waals surface area contributed by atoms with Crippen LogP contribution in [0.3, 0.4) is 0 Å². The first-order valence-electron chi connectivity index (χ1n) is 9.76. The second kappa shape index (κ2) is 9.86. The number of nitrogens with zero attached hydrogens (tertiary/aromatic N) is 3. The van der Waals surface area contributed by atoms with Crippen molar-refractivity contribution in [2.24, 2.45) is 0 Å². The van der Waals surface area contributed by atoms with Crippen molar-refractivity contribution in [3.8, 4) is 5.75 Å². The molecule has 4 rings (SSSR count). The molecule has 8 heteroatoms. The summed E-state index contributed by atoms with van der Waals surface area (Å²) in [6.45, 7) is 3.81. The van der Waals surface area contributed by atoms with Crippen LogP contribution in [0.25, 0.3) is 0 Å². The third kappa shape index (κ3) is 6.17. The molecule has 1 saturated carbocycles. The summed E-state index contributed by atoms with van der Waals surface area (Å²) in [6, 6.07) is 5.63. The SMILES string of the molecule is COc1cncc(C)c1.Cc1cc(CC(=O)Nc2cc(C3CCCC3)[nH]n2)on1. The summed E-state index contributed by atoms with van der Waals surface area (Å²) in [5.41, 5.74) is 3.01. The molecule has 29 heavy (non-hydrogen) atoms. The molecule has 1 aliphatic carbocycles.